The quantitative estimate of drug-likeness (QED) is 0.257. The Kier molecular flexibility index (Phi) is 5.87. The fraction of sp³-hybridized carbons (Fsp3) is 0.136. The molecule has 2 aromatic carbocycles. The van der Waals surface area contributed by atoms with E-state index in [-0.39, 0.29) is 40.0 Å². The maximum Gasteiger partial charge on any atom is 0.359 e. The van der Waals surface area contributed by atoms with E-state index in [1.807, 2.05) is 13.0 Å². The van der Waals surface area contributed by atoms with Gasteiger partial charge in [-0.3, -0.25) is 14.9 Å². The second-order valence-corrected chi connectivity index (χ2v) is 7.19. The summed E-state index contributed by atoms with van der Waals surface area (Å²) in [5, 5.41) is 22.3. The van der Waals surface area contributed by atoms with Gasteiger partial charge in [0.15, 0.2) is 11.4 Å². The molecule has 0 spiro atoms. The lowest BCUT2D eigenvalue weighted by molar-refractivity contribution is -0.384. The minimum absolute atomic E-state index is 0.00997. The van der Waals surface area contributed by atoms with E-state index in [9.17, 15) is 19.7 Å². The number of rotatable bonds is 6. The van der Waals surface area contributed by atoms with Crippen LogP contribution in [0.1, 0.15) is 23.0 Å². The van der Waals surface area contributed by atoms with E-state index in [0.717, 1.165) is 5.56 Å². The Labute approximate surface area is 192 Å². The van der Waals surface area contributed by atoms with Crippen LogP contribution in [0.15, 0.2) is 53.1 Å². The van der Waals surface area contributed by atoms with Crippen molar-refractivity contribution in [3.63, 3.8) is 0 Å². The summed E-state index contributed by atoms with van der Waals surface area (Å²) in [6.07, 6.45) is 0. The van der Waals surface area contributed by atoms with E-state index in [0.29, 0.717) is 5.69 Å². The van der Waals surface area contributed by atoms with Crippen LogP contribution in [0.25, 0.3) is 28.7 Å². The molecule has 172 valence electrons. The largest absolute Gasteiger partial charge is 0.464 e. The van der Waals surface area contributed by atoms with Crippen molar-refractivity contribution in [2.75, 3.05) is 12.4 Å². The molecule has 1 N–H and O–H groups in total. The fourth-order valence-electron chi connectivity index (χ4n) is 3.34. The number of hydrogen-bond donors (Lipinski definition) is 1. The lowest BCUT2D eigenvalue weighted by atomic mass is 10.2. The minimum atomic E-state index is -0.758. The van der Waals surface area contributed by atoms with Crippen LogP contribution < -0.4 is 5.32 Å². The Hall–Kier alpha value is -4.87. The Morgan fingerprint density at radius 2 is 1.94 bits per heavy atom. The molecule has 0 aliphatic rings. The van der Waals surface area contributed by atoms with Crippen LogP contribution in [0.2, 0.25) is 0 Å². The van der Waals surface area contributed by atoms with Gasteiger partial charge in [0.05, 0.1) is 17.7 Å². The van der Waals surface area contributed by atoms with Crippen LogP contribution in [0.3, 0.4) is 0 Å². The first-order valence-electron chi connectivity index (χ1n) is 9.94. The number of nitro groups is 1. The first-order chi connectivity index (χ1) is 16.3. The molecule has 2 heterocycles. The van der Waals surface area contributed by atoms with E-state index in [2.05, 4.69) is 20.6 Å². The molecule has 1 amide bonds. The summed E-state index contributed by atoms with van der Waals surface area (Å²) in [7, 11) is 1.20. The number of carbonyl (C=O) groups excluding carboxylic acids is 2. The van der Waals surface area contributed by atoms with Crippen molar-refractivity contribution >= 4 is 23.3 Å². The highest BCUT2D eigenvalue weighted by atomic mass is 16.6. The summed E-state index contributed by atoms with van der Waals surface area (Å²) in [6.45, 7) is 3.14. The molecule has 0 aliphatic heterocycles. The predicted molar refractivity (Wildman–Crippen MR) is 119 cm³/mol. The number of aromatic nitrogens is 4. The highest BCUT2D eigenvalue weighted by Gasteiger charge is 2.30. The molecule has 0 radical (unpaired) electrons. The van der Waals surface area contributed by atoms with Gasteiger partial charge in [0.2, 0.25) is 11.7 Å². The summed E-state index contributed by atoms with van der Waals surface area (Å²) in [5.74, 6) is -1.45. The topological polar surface area (TPSA) is 155 Å². The van der Waals surface area contributed by atoms with Crippen LogP contribution in [-0.4, -0.2) is 43.8 Å². The van der Waals surface area contributed by atoms with E-state index in [1.54, 1.807) is 24.3 Å². The number of hydrogen-bond acceptors (Lipinski definition) is 9. The highest BCUT2D eigenvalue weighted by molar-refractivity contribution is 6.03. The molecular formula is C22H18N6O6. The van der Waals surface area contributed by atoms with Crippen molar-refractivity contribution < 1.29 is 23.8 Å². The van der Waals surface area contributed by atoms with Crippen LogP contribution in [0.4, 0.5) is 11.4 Å². The monoisotopic (exact) mass is 462 g/mol. The molecule has 0 saturated heterocycles. The molecule has 4 aromatic rings. The van der Waals surface area contributed by atoms with E-state index >= 15 is 0 Å². The van der Waals surface area contributed by atoms with Crippen molar-refractivity contribution in [1.82, 2.24) is 19.9 Å². The molecule has 0 saturated carbocycles. The standard InChI is InChI=1S/C22H18N6O6/c1-12-7-6-8-14(11-12)27-19(22(30)33-3)17(23-13(2)29)18(25-27)20-24-21(34-26-20)15-9-4-5-10-16(15)28(31)32/h4-11H,1-3H3,(H,23,29). The van der Waals surface area contributed by atoms with E-state index in [1.165, 1.54) is 36.9 Å². The maximum atomic E-state index is 12.7. The third-order valence-corrected chi connectivity index (χ3v) is 4.78. The molecule has 2 aromatic heterocycles. The van der Waals surface area contributed by atoms with Crippen molar-refractivity contribution in [3.05, 3.63) is 69.9 Å². The molecule has 12 heteroatoms. The summed E-state index contributed by atoms with van der Waals surface area (Å²) >= 11 is 0. The fourth-order valence-corrected chi connectivity index (χ4v) is 3.34. The zero-order valence-corrected chi connectivity index (χ0v) is 18.3. The average molecular weight is 462 g/mol. The summed E-state index contributed by atoms with van der Waals surface area (Å²) in [6, 6.07) is 13.1. The van der Waals surface area contributed by atoms with Crippen molar-refractivity contribution in [3.8, 4) is 28.7 Å². The smallest absolute Gasteiger partial charge is 0.359 e. The zero-order chi connectivity index (χ0) is 24.4. The summed E-state index contributed by atoms with van der Waals surface area (Å²) in [4.78, 5) is 39.8. The normalized spacial score (nSPS) is 10.7. The summed E-state index contributed by atoms with van der Waals surface area (Å²) in [5.41, 5.74) is 1.29. The molecule has 0 unspecified atom stereocenters. The number of nitrogens with zero attached hydrogens (tertiary/aromatic N) is 5. The molecule has 0 aliphatic carbocycles. The number of nitrogens with one attached hydrogen (secondary N) is 1. The second-order valence-electron chi connectivity index (χ2n) is 7.19. The van der Waals surface area contributed by atoms with Gasteiger partial charge in [0, 0.05) is 13.0 Å². The van der Waals surface area contributed by atoms with Crippen LogP contribution in [0.5, 0.6) is 0 Å². The number of carbonyl (C=O) groups is 2. The third kappa shape index (κ3) is 4.11. The lowest BCUT2D eigenvalue weighted by Crippen LogP contribution is -2.15. The molecule has 0 atom stereocenters. The first kappa shape index (κ1) is 22.3. The van der Waals surface area contributed by atoms with Gasteiger partial charge >= 0.3 is 5.97 Å². The van der Waals surface area contributed by atoms with Gasteiger partial charge in [-0.15, -0.1) is 0 Å². The third-order valence-electron chi connectivity index (χ3n) is 4.78. The van der Waals surface area contributed by atoms with Gasteiger partial charge in [0.1, 0.15) is 11.3 Å². The number of esters is 1. The zero-order valence-electron chi connectivity index (χ0n) is 18.3. The predicted octanol–water partition coefficient (Wildman–Crippen LogP) is 3.55. The van der Waals surface area contributed by atoms with Gasteiger partial charge < -0.3 is 14.6 Å². The summed E-state index contributed by atoms with van der Waals surface area (Å²) < 4.78 is 11.5. The molecule has 4 rings (SSSR count). The van der Waals surface area contributed by atoms with Crippen molar-refractivity contribution in [2.45, 2.75) is 13.8 Å². The second kappa shape index (κ2) is 8.94. The highest BCUT2D eigenvalue weighted by Crippen LogP contribution is 2.34. The van der Waals surface area contributed by atoms with Gasteiger partial charge in [-0.25, -0.2) is 9.48 Å². The van der Waals surface area contributed by atoms with E-state index < -0.39 is 16.8 Å². The van der Waals surface area contributed by atoms with Crippen molar-refractivity contribution in [1.29, 1.82) is 0 Å². The number of benzene rings is 2. The number of ether oxygens (including phenoxy) is 1. The van der Waals surface area contributed by atoms with Gasteiger partial charge in [-0.2, -0.15) is 10.1 Å². The molecule has 0 fully saturated rings. The van der Waals surface area contributed by atoms with Crippen LogP contribution >= 0.6 is 0 Å². The van der Waals surface area contributed by atoms with Crippen LogP contribution in [0, 0.1) is 17.0 Å². The molecule has 34 heavy (non-hydrogen) atoms. The van der Waals surface area contributed by atoms with Gasteiger partial charge in [-0.1, -0.05) is 29.4 Å². The SMILES string of the molecule is COC(=O)c1c(NC(C)=O)c(-c2noc(-c3ccccc3[N+](=O)[O-])n2)nn1-c1cccc(C)c1. The number of aryl methyl sites for hydroxylation is 1. The molecule has 0 bridgehead atoms. The molecular weight excluding hydrogens is 444 g/mol. The number of para-hydroxylation sites is 1. The van der Waals surface area contributed by atoms with Gasteiger partial charge in [-0.05, 0) is 30.7 Å². The Bertz CT molecular complexity index is 1420. The number of methoxy groups -OCH3 is 1. The van der Waals surface area contributed by atoms with Crippen molar-refractivity contribution in [2.24, 2.45) is 0 Å². The average Bonchev–Trinajstić information content (AvgIpc) is 3.43. The van der Waals surface area contributed by atoms with E-state index in [4.69, 9.17) is 9.26 Å². The number of amides is 1. The Morgan fingerprint density at radius 1 is 1.18 bits per heavy atom. The lowest BCUT2D eigenvalue weighted by Gasteiger charge is -2.08. The Balaban J connectivity index is 1.93. The minimum Gasteiger partial charge on any atom is -0.464 e. The maximum absolute atomic E-state index is 12.7. The van der Waals surface area contributed by atoms with Gasteiger partial charge in [0.25, 0.3) is 11.6 Å². The first-order valence-corrected chi connectivity index (χ1v) is 9.94. The van der Waals surface area contributed by atoms with Crippen LogP contribution in [-0.2, 0) is 9.53 Å². The Morgan fingerprint density at radius 3 is 2.62 bits per heavy atom. The number of anilines is 1. The molecule has 12 nitrogen and oxygen atoms in total. The number of nitro benzene ring substituents is 1.